The first-order valence-electron chi connectivity index (χ1n) is 29.4. The molecule has 456 valence electrons. The number of ether oxygens (including phenoxy) is 3. The summed E-state index contributed by atoms with van der Waals surface area (Å²) in [6.45, 7) is 17.4. The van der Waals surface area contributed by atoms with Gasteiger partial charge in [-0.1, -0.05) is 110 Å². The molecular formula is C61H107N3O15. The van der Waals surface area contributed by atoms with Gasteiger partial charge in [0.15, 0.2) is 11.7 Å². The average Bonchev–Trinajstić information content (AvgIpc) is 3.38. The molecule has 18 atom stereocenters. The number of carbonyl (C=O) groups excluding carboxylic acids is 2. The van der Waals surface area contributed by atoms with E-state index in [0.29, 0.717) is 29.4 Å². The molecule has 79 heavy (non-hydrogen) atoms. The van der Waals surface area contributed by atoms with Crippen molar-refractivity contribution in [3.05, 3.63) is 59.8 Å². The standard InChI is InChI=1S/C61H107N3O15/c1-38(2)21-16-17-27-56(73)77-48-32-46(65)31-47(66)33-51(68)39(3)23-19-25-43(7)57(42(6)22-15-13-11-12-14-18-30-64-60(62)63-10)78-59(75)44(8)26-20-24-40(4)52(69)36-53(70)45(9)50(67)29-28-41(5)55(72)37-61(76)58(74)54(71)35-49(34-48)79-61/h11-12,19-20,23-26,38,40-43,45-55,57-58,65-72,74,76H,13-18,21-22,27-37H2,1-10H3,(H3,62,63,64). The summed E-state index contributed by atoms with van der Waals surface area (Å²) in [6.07, 6.45) is 6.83. The van der Waals surface area contributed by atoms with E-state index in [-0.39, 0.29) is 69.6 Å². The molecule has 2 aliphatic heterocycles. The molecule has 18 heteroatoms. The maximum Gasteiger partial charge on any atom is 0.334 e. The molecule has 0 radical (unpaired) electrons. The topological polar surface area (TPSA) is 315 Å². The van der Waals surface area contributed by atoms with Crippen LogP contribution in [-0.4, -0.2) is 162 Å². The fourth-order valence-electron chi connectivity index (χ4n) is 10.2. The lowest BCUT2D eigenvalue weighted by Crippen LogP contribution is -2.60. The molecule has 1 fully saturated rings. The number of carbonyl (C=O) groups is 2. The number of aliphatic imine (C=N–C) groups is 1. The lowest BCUT2D eigenvalue weighted by molar-refractivity contribution is -0.333. The molecule has 0 saturated carbocycles. The molecule has 2 bridgehead atoms. The average molecular weight is 1120 g/mol. The number of nitrogens with two attached hydrogens (primary N) is 1. The number of nitrogens with zero attached hydrogens (tertiary/aromatic N) is 1. The SMILES string of the molecule is CN=C(N)NCCCC=CCCCC(C)C1OC(=O)C(C)=CC=CC(C)C(O)CC(O)C(C)C(O)CCC(C)C(O)CC2(O)OC(CC(OC(=O)CCCCC(C)C)CC(O)CC(O)CC(O)C(C)=CC=CC1C)CC(O)C2O. The zero-order valence-electron chi connectivity index (χ0n) is 49.5. The molecule has 0 spiro atoms. The quantitative estimate of drug-likeness (QED) is 0.0289. The van der Waals surface area contributed by atoms with Crippen molar-refractivity contribution in [3.8, 4) is 0 Å². The van der Waals surface area contributed by atoms with Gasteiger partial charge in [-0.05, 0) is 95.0 Å². The van der Waals surface area contributed by atoms with E-state index < -0.39 is 115 Å². The molecule has 0 aromatic rings. The summed E-state index contributed by atoms with van der Waals surface area (Å²) in [5, 5.41) is 115. The second-order valence-corrected chi connectivity index (χ2v) is 23.6. The van der Waals surface area contributed by atoms with Gasteiger partial charge in [-0.2, -0.15) is 0 Å². The molecule has 0 aromatic carbocycles. The van der Waals surface area contributed by atoms with Crippen molar-refractivity contribution in [1.82, 2.24) is 5.32 Å². The van der Waals surface area contributed by atoms with Gasteiger partial charge < -0.3 is 76.3 Å². The van der Waals surface area contributed by atoms with Crippen molar-refractivity contribution in [2.75, 3.05) is 13.6 Å². The third-order valence-corrected chi connectivity index (χ3v) is 15.9. The van der Waals surface area contributed by atoms with Crippen molar-refractivity contribution in [2.45, 2.75) is 257 Å². The Hall–Kier alpha value is -3.53. The minimum Gasteiger partial charge on any atom is -0.462 e. The highest BCUT2D eigenvalue weighted by molar-refractivity contribution is 5.88. The number of fused-ring (bicyclic) bond motifs is 2. The van der Waals surface area contributed by atoms with E-state index in [9.17, 15) is 60.7 Å². The van der Waals surface area contributed by atoms with Crippen LogP contribution in [0.5, 0.6) is 0 Å². The molecule has 18 nitrogen and oxygen atoms in total. The molecule has 2 rings (SSSR count). The normalized spacial score (nSPS) is 35.0. The van der Waals surface area contributed by atoms with Crippen LogP contribution in [0.15, 0.2) is 64.7 Å². The number of esters is 2. The van der Waals surface area contributed by atoms with E-state index in [0.717, 1.165) is 51.5 Å². The Labute approximate surface area is 473 Å². The number of aliphatic hydroxyl groups is 10. The first-order chi connectivity index (χ1) is 37.2. The number of cyclic esters (lactones) is 1. The lowest BCUT2D eigenvalue weighted by Gasteiger charge is -2.45. The Kier molecular flexibility index (Phi) is 34.0. The summed E-state index contributed by atoms with van der Waals surface area (Å²) in [5.41, 5.74) is 6.59. The summed E-state index contributed by atoms with van der Waals surface area (Å²) in [5.74, 6) is -4.55. The van der Waals surface area contributed by atoms with E-state index in [2.05, 4.69) is 43.2 Å². The van der Waals surface area contributed by atoms with Gasteiger partial charge in [0.1, 0.15) is 18.3 Å². The molecule has 18 unspecified atom stereocenters. The van der Waals surface area contributed by atoms with E-state index in [1.807, 2.05) is 13.0 Å². The van der Waals surface area contributed by atoms with E-state index in [1.54, 1.807) is 72.0 Å². The number of allylic oxidation sites excluding steroid dienone is 6. The van der Waals surface area contributed by atoms with Gasteiger partial charge in [0.2, 0.25) is 0 Å². The minimum absolute atomic E-state index is 0.0388. The number of hydrogen-bond acceptors (Lipinski definition) is 16. The van der Waals surface area contributed by atoms with E-state index in [1.165, 1.54) is 0 Å². The van der Waals surface area contributed by atoms with Gasteiger partial charge in [-0.25, -0.2) is 4.79 Å². The van der Waals surface area contributed by atoms with Gasteiger partial charge in [-0.15, -0.1) is 0 Å². The first-order valence-corrected chi connectivity index (χ1v) is 29.4. The molecule has 2 heterocycles. The largest absolute Gasteiger partial charge is 0.462 e. The number of nitrogens with one attached hydrogen (secondary N) is 1. The monoisotopic (exact) mass is 1120 g/mol. The summed E-state index contributed by atoms with van der Waals surface area (Å²) in [7, 11) is 1.63. The molecule has 0 amide bonds. The predicted octanol–water partition coefficient (Wildman–Crippen LogP) is 6.11. The first kappa shape index (κ1) is 71.6. The highest BCUT2D eigenvalue weighted by Crippen LogP contribution is 2.36. The van der Waals surface area contributed by atoms with Gasteiger partial charge in [0.25, 0.3) is 0 Å². The number of hydrogen-bond donors (Lipinski definition) is 12. The third kappa shape index (κ3) is 27.9. The van der Waals surface area contributed by atoms with Crippen LogP contribution in [0.4, 0.5) is 0 Å². The van der Waals surface area contributed by atoms with Crippen LogP contribution in [0.1, 0.15) is 178 Å². The van der Waals surface area contributed by atoms with Crippen LogP contribution in [0, 0.1) is 35.5 Å². The Morgan fingerprint density at radius 3 is 2.09 bits per heavy atom. The molecule has 2 aliphatic rings. The Morgan fingerprint density at radius 2 is 1.42 bits per heavy atom. The summed E-state index contributed by atoms with van der Waals surface area (Å²) in [4.78, 5) is 30.8. The fraction of sp³-hybridized carbons (Fsp3) is 0.787. The summed E-state index contributed by atoms with van der Waals surface area (Å²) < 4.78 is 18.2. The highest BCUT2D eigenvalue weighted by Gasteiger charge is 2.50. The van der Waals surface area contributed by atoms with Crippen LogP contribution in [0.3, 0.4) is 0 Å². The third-order valence-electron chi connectivity index (χ3n) is 15.9. The van der Waals surface area contributed by atoms with Crippen LogP contribution < -0.4 is 11.1 Å². The van der Waals surface area contributed by atoms with Gasteiger partial charge in [0, 0.05) is 81.9 Å². The number of guanidine groups is 1. The van der Waals surface area contributed by atoms with Crippen molar-refractivity contribution in [3.63, 3.8) is 0 Å². The molecular weight excluding hydrogens is 1010 g/mol. The second-order valence-electron chi connectivity index (χ2n) is 23.6. The van der Waals surface area contributed by atoms with E-state index >= 15 is 0 Å². The number of unbranched alkanes of at least 4 members (excludes halogenated alkanes) is 3. The van der Waals surface area contributed by atoms with Crippen LogP contribution >= 0.6 is 0 Å². The summed E-state index contributed by atoms with van der Waals surface area (Å²) in [6, 6.07) is 0. The smallest absolute Gasteiger partial charge is 0.334 e. The molecule has 0 aliphatic carbocycles. The number of rotatable bonds is 15. The molecule has 0 aromatic heterocycles. The zero-order valence-corrected chi connectivity index (χ0v) is 49.5. The van der Waals surface area contributed by atoms with Crippen molar-refractivity contribution in [1.29, 1.82) is 0 Å². The van der Waals surface area contributed by atoms with E-state index in [4.69, 9.17) is 19.9 Å². The van der Waals surface area contributed by atoms with Crippen molar-refractivity contribution >= 4 is 17.9 Å². The molecule has 1 saturated heterocycles. The maximum atomic E-state index is 13.7. The lowest BCUT2D eigenvalue weighted by atomic mass is 9.84. The Morgan fingerprint density at radius 1 is 0.772 bits per heavy atom. The van der Waals surface area contributed by atoms with Gasteiger partial charge >= 0.3 is 11.9 Å². The number of aliphatic hydroxyl groups excluding tert-OH is 9. The van der Waals surface area contributed by atoms with Crippen molar-refractivity contribution < 1.29 is 74.9 Å². The Balaban J connectivity index is 2.44. The zero-order chi connectivity index (χ0) is 59.4. The molecule has 13 N–H and O–H groups in total. The maximum absolute atomic E-state index is 13.7. The van der Waals surface area contributed by atoms with Gasteiger partial charge in [0.05, 0.1) is 54.9 Å². The Bertz CT molecular complexity index is 1930. The fourth-order valence-corrected chi connectivity index (χ4v) is 10.2. The van der Waals surface area contributed by atoms with Crippen LogP contribution in [0.25, 0.3) is 0 Å². The van der Waals surface area contributed by atoms with Crippen LogP contribution in [-0.2, 0) is 23.8 Å². The predicted molar refractivity (Wildman–Crippen MR) is 308 cm³/mol. The summed E-state index contributed by atoms with van der Waals surface area (Å²) >= 11 is 0. The highest BCUT2D eigenvalue weighted by atomic mass is 16.7. The minimum atomic E-state index is -2.43. The van der Waals surface area contributed by atoms with Gasteiger partial charge in [-0.3, -0.25) is 9.79 Å². The van der Waals surface area contributed by atoms with Crippen LogP contribution in [0.2, 0.25) is 0 Å². The second kappa shape index (κ2) is 37.5. The van der Waals surface area contributed by atoms with Crippen molar-refractivity contribution in [2.24, 2.45) is 46.2 Å².